The molecule has 0 atom stereocenters. The number of rotatable bonds is 2. The molecule has 0 aliphatic heterocycles. The maximum Gasteiger partial charge on any atom is 0.124 e. The molecule has 0 saturated heterocycles. The van der Waals surface area contributed by atoms with E-state index in [1.165, 1.54) is 0 Å². The first kappa shape index (κ1) is 7.91. The van der Waals surface area contributed by atoms with Gasteiger partial charge in [-0.2, -0.15) is 5.10 Å². The van der Waals surface area contributed by atoms with Gasteiger partial charge < -0.3 is 0 Å². The Hall–Kier alpha value is -0.190. The first-order valence-electron chi connectivity index (χ1n) is 3.31. The molecule has 0 aliphatic rings. The summed E-state index contributed by atoms with van der Waals surface area (Å²) in [4.78, 5) is 0. The molecule has 0 saturated carbocycles. The van der Waals surface area contributed by atoms with E-state index in [1.807, 2.05) is 12.1 Å². The van der Waals surface area contributed by atoms with E-state index >= 15 is 0 Å². The van der Waals surface area contributed by atoms with Crippen LogP contribution in [-0.2, 0) is 6.42 Å². The fourth-order valence-electron chi connectivity index (χ4n) is 0.733. The molecule has 0 aliphatic carbocycles. The molecule has 0 amide bonds. The zero-order valence-corrected chi connectivity index (χ0v) is 8.00. The van der Waals surface area contributed by atoms with E-state index < -0.39 is 0 Å². The zero-order chi connectivity index (χ0) is 7.40. The van der Waals surface area contributed by atoms with Crippen molar-refractivity contribution in [2.24, 2.45) is 0 Å². The van der Waals surface area contributed by atoms with E-state index in [4.69, 9.17) is 0 Å². The molecule has 2 nitrogen and oxygen atoms in total. The van der Waals surface area contributed by atoms with E-state index in [0.29, 0.717) is 0 Å². The second-order valence-corrected chi connectivity index (χ2v) is 3.20. The van der Waals surface area contributed by atoms with Gasteiger partial charge in [0.2, 0.25) is 0 Å². The molecule has 0 aromatic carbocycles. The summed E-state index contributed by atoms with van der Waals surface area (Å²) in [6, 6.07) is 4.01. The van der Waals surface area contributed by atoms with Crippen molar-refractivity contribution in [1.29, 1.82) is 0 Å². The lowest BCUT2D eigenvalue weighted by molar-refractivity contribution is 0.831. The quantitative estimate of drug-likeness (QED) is 0.748. The van der Waals surface area contributed by atoms with E-state index in [1.54, 1.807) is 0 Å². The van der Waals surface area contributed by atoms with Crippen LogP contribution < -0.4 is 0 Å². The topological polar surface area (TPSA) is 25.8 Å². The fourth-order valence-corrected chi connectivity index (χ4v) is 1.02. The lowest BCUT2D eigenvalue weighted by atomic mass is 10.2. The van der Waals surface area contributed by atoms with Crippen molar-refractivity contribution in [3.05, 3.63) is 21.5 Å². The van der Waals surface area contributed by atoms with Crippen molar-refractivity contribution in [1.82, 2.24) is 10.2 Å². The lowest BCUT2D eigenvalue weighted by Crippen LogP contribution is -1.92. The van der Waals surface area contributed by atoms with Crippen LogP contribution in [0, 0.1) is 3.70 Å². The van der Waals surface area contributed by atoms with Crippen LogP contribution >= 0.6 is 22.6 Å². The number of aromatic nitrogens is 2. The smallest absolute Gasteiger partial charge is 0.124 e. The van der Waals surface area contributed by atoms with E-state index in [0.717, 1.165) is 22.2 Å². The highest BCUT2D eigenvalue weighted by Crippen LogP contribution is 2.00. The van der Waals surface area contributed by atoms with Crippen molar-refractivity contribution in [2.75, 3.05) is 0 Å². The van der Waals surface area contributed by atoms with Crippen LogP contribution in [0.2, 0.25) is 0 Å². The fraction of sp³-hybridized carbons (Fsp3) is 0.429. The van der Waals surface area contributed by atoms with Crippen molar-refractivity contribution in [2.45, 2.75) is 19.8 Å². The number of hydrogen-bond donors (Lipinski definition) is 0. The number of halogens is 1. The molecule has 1 heterocycles. The standard InChI is InChI=1S/C7H9IN2/c1-2-3-6-4-5-7(8)10-9-6/h4-5H,2-3H2,1H3. The first-order valence-corrected chi connectivity index (χ1v) is 4.39. The van der Waals surface area contributed by atoms with Crippen LogP contribution in [-0.4, -0.2) is 10.2 Å². The maximum atomic E-state index is 4.01. The van der Waals surface area contributed by atoms with Gasteiger partial charge in [-0.3, -0.25) is 0 Å². The van der Waals surface area contributed by atoms with Crippen molar-refractivity contribution in [3.63, 3.8) is 0 Å². The van der Waals surface area contributed by atoms with Gasteiger partial charge in [-0.15, -0.1) is 5.10 Å². The lowest BCUT2D eigenvalue weighted by Gasteiger charge is -1.93. The van der Waals surface area contributed by atoms with Gasteiger partial charge in [-0.25, -0.2) is 0 Å². The minimum Gasteiger partial charge on any atom is -0.155 e. The van der Waals surface area contributed by atoms with Crippen molar-refractivity contribution < 1.29 is 0 Å². The molecule has 54 valence electrons. The van der Waals surface area contributed by atoms with Gasteiger partial charge in [-0.1, -0.05) is 13.3 Å². The molecule has 0 N–H and O–H groups in total. The largest absolute Gasteiger partial charge is 0.155 e. The Morgan fingerprint density at radius 3 is 2.70 bits per heavy atom. The normalized spacial score (nSPS) is 9.80. The summed E-state index contributed by atoms with van der Waals surface area (Å²) >= 11 is 2.15. The average Bonchev–Trinajstić information content (AvgIpc) is 1.95. The molecule has 3 heteroatoms. The van der Waals surface area contributed by atoms with Crippen LogP contribution in [0.4, 0.5) is 0 Å². The molecule has 0 bridgehead atoms. The Bertz CT molecular complexity index is 195. The van der Waals surface area contributed by atoms with Gasteiger partial charge in [0.25, 0.3) is 0 Å². The van der Waals surface area contributed by atoms with Crippen LogP contribution in [0.25, 0.3) is 0 Å². The number of nitrogens with zero attached hydrogens (tertiary/aromatic N) is 2. The second-order valence-electron chi connectivity index (χ2n) is 2.10. The molecular formula is C7H9IN2. The van der Waals surface area contributed by atoms with E-state index in [-0.39, 0.29) is 0 Å². The first-order chi connectivity index (χ1) is 4.83. The summed E-state index contributed by atoms with van der Waals surface area (Å²) in [6.45, 7) is 2.14. The number of aryl methyl sites for hydroxylation is 1. The monoisotopic (exact) mass is 248 g/mol. The summed E-state index contributed by atoms with van der Waals surface area (Å²) in [6.07, 6.45) is 2.17. The molecule has 1 aromatic rings. The summed E-state index contributed by atoms with van der Waals surface area (Å²) in [5.41, 5.74) is 1.09. The Morgan fingerprint density at radius 1 is 1.40 bits per heavy atom. The van der Waals surface area contributed by atoms with Gasteiger partial charge in [0.15, 0.2) is 0 Å². The van der Waals surface area contributed by atoms with Gasteiger partial charge in [0.1, 0.15) is 3.70 Å². The van der Waals surface area contributed by atoms with Crippen LogP contribution in [0.5, 0.6) is 0 Å². The third kappa shape index (κ3) is 2.21. The Morgan fingerprint density at radius 2 is 2.20 bits per heavy atom. The minimum absolute atomic E-state index is 0.956. The Kier molecular flexibility index (Phi) is 3.05. The molecule has 1 rings (SSSR count). The predicted octanol–water partition coefficient (Wildman–Crippen LogP) is 2.03. The van der Waals surface area contributed by atoms with Crippen LogP contribution in [0.3, 0.4) is 0 Å². The zero-order valence-electron chi connectivity index (χ0n) is 5.84. The predicted molar refractivity (Wildman–Crippen MR) is 48.7 cm³/mol. The molecule has 0 spiro atoms. The van der Waals surface area contributed by atoms with Crippen LogP contribution in [0.15, 0.2) is 12.1 Å². The number of hydrogen-bond acceptors (Lipinski definition) is 2. The minimum atomic E-state index is 0.956. The molecular weight excluding hydrogens is 239 g/mol. The summed E-state index contributed by atoms with van der Waals surface area (Å²) in [5, 5.41) is 7.94. The van der Waals surface area contributed by atoms with Gasteiger partial charge in [0, 0.05) is 0 Å². The van der Waals surface area contributed by atoms with Crippen LogP contribution in [0.1, 0.15) is 19.0 Å². The average molecular weight is 248 g/mol. The molecule has 10 heavy (non-hydrogen) atoms. The van der Waals surface area contributed by atoms with Gasteiger partial charge in [-0.05, 0) is 41.1 Å². The van der Waals surface area contributed by atoms with Crippen molar-refractivity contribution in [3.8, 4) is 0 Å². The highest BCUT2D eigenvalue weighted by atomic mass is 127. The highest BCUT2D eigenvalue weighted by Gasteiger charge is 1.91. The molecule has 0 radical (unpaired) electrons. The molecule has 0 unspecified atom stereocenters. The summed E-state index contributed by atoms with van der Waals surface area (Å²) in [7, 11) is 0. The Balaban J connectivity index is 2.69. The van der Waals surface area contributed by atoms with E-state index in [9.17, 15) is 0 Å². The summed E-state index contributed by atoms with van der Waals surface area (Å²) in [5.74, 6) is 0. The van der Waals surface area contributed by atoms with Crippen molar-refractivity contribution >= 4 is 22.6 Å². The molecule has 0 fully saturated rings. The third-order valence-corrected chi connectivity index (χ3v) is 1.77. The van der Waals surface area contributed by atoms with E-state index in [2.05, 4.69) is 39.7 Å². The van der Waals surface area contributed by atoms with Gasteiger partial charge in [0.05, 0.1) is 5.69 Å². The third-order valence-electron chi connectivity index (χ3n) is 1.19. The Labute approximate surface area is 74.2 Å². The van der Waals surface area contributed by atoms with Gasteiger partial charge >= 0.3 is 0 Å². The molecule has 1 aromatic heterocycles. The summed E-state index contributed by atoms with van der Waals surface area (Å²) < 4.78 is 0.956. The maximum absolute atomic E-state index is 4.01. The SMILES string of the molecule is CCCc1ccc(I)nn1. The highest BCUT2D eigenvalue weighted by molar-refractivity contribution is 14.1. The second kappa shape index (κ2) is 3.85.